The predicted octanol–water partition coefficient (Wildman–Crippen LogP) is 3.16. The van der Waals surface area contributed by atoms with Crippen molar-refractivity contribution in [1.82, 2.24) is 19.9 Å². The molecule has 5 heteroatoms. The molecular weight excluding hydrogens is 292 g/mol. The van der Waals surface area contributed by atoms with Crippen LogP contribution in [0.15, 0.2) is 47.5 Å². The molecule has 0 atom stereocenters. The standard InChI is InChI=1S/C17H16N4S/c1-2-14(8-18-5-1)17-19-9-15-11-21(6-3-16(15)20-17)10-13-4-7-22-12-13/h1-2,4-5,7-9,12H,3,6,10-11H2. The van der Waals surface area contributed by atoms with Gasteiger partial charge in [-0.05, 0) is 34.5 Å². The number of fused-ring (bicyclic) bond motifs is 1. The van der Waals surface area contributed by atoms with Crippen molar-refractivity contribution in [3.63, 3.8) is 0 Å². The van der Waals surface area contributed by atoms with Crippen LogP contribution in [0.5, 0.6) is 0 Å². The van der Waals surface area contributed by atoms with Crippen LogP contribution in [0.4, 0.5) is 0 Å². The smallest absolute Gasteiger partial charge is 0.160 e. The van der Waals surface area contributed by atoms with Gasteiger partial charge in [0, 0.05) is 55.8 Å². The quantitative estimate of drug-likeness (QED) is 0.745. The van der Waals surface area contributed by atoms with E-state index in [-0.39, 0.29) is 0 Å². The molecule has 0 amide bonds. The van der Waals surface area contributed by atoms with Gasteiger partial charge in [-0.2, -0.15) is 11.3 Å². The Balaban J connectivity index is 1.54. The molecule has 1 aliphatic heterocycles. The summed E-state index contributed by atoms with van der Waals surface area (Å²) in [7, 11) is 0. The number of hydrogen-bond acceptors (Lipinski definition) is 5. The van der Waals surface area contributed by atoms with Crippen LogP contribution >= 0.6 is 11.3 Å². The van der Waals surface area contributed by atoms with Crippen molar-refractivity contribution in [2.75, 3.05) is 6.54 Å². The van der Waals surface area contributed by atoms with Gasteiger partial charge in [0.2, 0.25) is 0 Å². The van der Waals surface area contributed by atoms with Gasteiger partial charge in [-0.25, -0.2) is 9.97 Å². The van der Waals surface area contributed by atoms with Gasteiger partial charge >= 0.3 is 0 Å². The van der Waals surface area contributed by atoms with Crippen molar-refractivity contribution in [2.45, 2.75) is 19.5 Å². The van der Waals surface area contributed by atoms with Gasteiger partial charge in [0.05, 0.1) is 5.69 Å². The molecule has 0 saturated carbocycles. The Morgan fingerprint density at radius 2 is 2.23 bits per heavy atom. The fourth-order valence-corrected chi connectivity index (χ4v) is 3.44. The molecule has 0 saturated heterocycles. The molecule has 3 aromatic heterocycles. The third-order valence-electron chi connectivity index (χ3n) is 3.92. The van der Waals surface area contributed by atoms with E-state index in [0.717, 1.165) is 37.4 Å². The number of rotatable bonds is 3. The largest absolute Gasteiger partial charge is 0.294 e. The summed E-state index contributed by atoms with van der Waals surface area (Å²) in [6, 6.07) is 6.11. The Kier molecular flexibility index (Phi) is 3.66. The van der Waals surface area contributed by atoms with Crippen LogP contribution in [0.25, 0.3) is 11.4 Å². The minimum absolute atomic E-state index is 0.776. The first-order valence-corrected chi connectivity index (χ1v) is 8.31. The lowest BCUT2D eigenvalue weighted by Gasteiger charge is -2.27. The molecule has 1 aliphatic rings. The lowest BCUT2D eigenvalue weighted by molar-refractivity contribution is 0.243. The molecule has 0 radical (unpaired) electrons. The maximum absolute atomic E-state index is 4.74. The molecule has 0 aromatic carbocycles. The number of hydrogen-bond donors (Lipinski definition) is 0. The molecule has 4 heterocycles. The van der Waals surface area contributed by atoms with E-state index in [9.17, 15) is 0 Å². The summed E-state index contributed by atoms with van der Waals surface area (Å²) in [4.78, 5) is 15.9. The third-order valence-corrected chi connectivity index (χ3v) is 4.65. The second-order valence-corrected chi connectivity index (χ2v) is 6.28. The molecule has 4 nitrogen and oxygen atoms in total. The summed E-state index contributed by atoms with van der Waals surface area (Å²) in [5.41, 5.74) is 4.79. The summed E-state index contributed by atoms with van der Waals surface area (Å²) in [5, 5.41) is 4.36. The van der Waals surface area contributed by atoms with Crippen molar-refractivity contribution in [2.24, 2.45) is 0 Å². The lowest BCUT2D eigenvalue weighted by Crippen LogP contribution is -2.30. The molecule has 3 aromatic rings. The maximum atomic E-state index is 4.74. The number of pyridine rings is 1. The molecule has 0 spiro atoms. The van der Waals surface area contributed by atoms with Crippen LogP contribution < -0.4 is 0 Å². The van der Waals surface area contributed by atoms with Gasteiger partial charge in [-0.3, -0.25) is 9.88 Å². The molecule has 22 heavy (non-hydrogen) atoms. The minimum atomic E-state index is 0.776. The maximum Gasteiger partial charge on any atom is 0.160 e. The number of thiophene rings is 1. The van der Waals surface area contributed by atoms with E-state index in [1.165, 1.54) is 16.8 Å². The Labute approximate surface area is 133 Å². The van der Waals surface area contributed by atoms with E-state index in [1.807, 2.05) is 24.5 Å². The Morgan fingerprint density at radius 1 is 1.23 bits per heavy atom. The van der Waals surface area contributed by atoms with Crippen molar-refractivity contribution in [3.8, 4) is 11.4 Å². The van der Waals surface area contributed by atoms with Crippen molar-refractivity contribution >= 4 is 11.3 Å². The van der Waals surface area contributed by atoms with Crippen LogP contribution in [0.3, 0.4) is 0 Å². The van der Waals surface area contributed by atoms with Crippen LogP contribution in [-0.2, 0) is 19.5 Å². The predicted molar refractivity (Wildman–Crippen MR) is 87.4 cm³/mol. The SMILES string of the molecule is c1cncc(-c2ncc3c(n2)CCN(Cc2ccsc2)C3)c1. The normalized spacial score (nSPS) is 14.7. The second kappa shape index (κ2) is 5.94. The highest BCUT2D eigenvalue weighted by molar-refractivity contribution is 7.07. The monoisotopic (exact) mass is 308 g/mol. The average molecular weight is 308 g/mol. The van der Waals surface area contributed by atoms with Crippen LogP contribution in [0.2, 0.25) is 0 Å². The van der Waals surface area contributed by atoms with E-state index >= 15 is 0 Å². The van der Waals surface area contributed by atoms with Crippen LogP contribution in [0.1, 0.15) is 16.8 Å². The topological polar surface area (TPSA) is 41.9 Å². The van der Waals surface area contributed by atoms with E-state index in [1.54, 1.807) is 17.5 Å². The van der Waals surface area contributed by atoms with E-state index in [4.69, 9.17) is 4.98 Å². The average Bonchev–Trinajstić information content (AvgIpc) is 3.08. The van der Waals surface area contributed by atoms with Gasteiger partial charge in [0.25, 0.3) is 0 Å². The lowest BCUT2D eigenvalue weighted by atomic mass is 10.1. The summed E-state index contributed by atoms with van der Waals surface area (Å²) >= 11 is 1.76. The third kappa shape index (κ3) is 2.77. The van der Waals surface area contributed by atoms with Crippen molar-refractivity contribution in [3.05, 3.63) is 64.4 Å². The van der Waals surface area contributed by atoms with E-state index in [0.29, 0.717) is 0 Å². The van der Waals surface area contributed by atoms with E-state index in [2.05, 4.69) is 31.7 Å². The number of nitrogens with zero attached hydrogens (tertiary/aromatic N) is 4. The van der Waals surface area contributed by atoms with Gasteiger partial charge in [0.1, 0.15) is 0 Å². The van der Waals surface area contributed by atoms with Gasteiger partial charge in [-0.15, -0.1) is 0 Å². The van der Waals surface area contributed by atoms with Crippen molar-refractivity contribution in [1.29, 1.82) is 0 Å². The minimum Gasteiger partial charge on any atom is -0.294 e. The zero-order valence-electron chi connectivity index (χ0n) is 12.1. The van der Waals surface area contributed by atoms with Crippen molar-refractivity contribution < 1.29 is 0 Å². The zero-order chi connectivity index (χ0) is 14.8. The van der Waals surface area contributed by atoms with Gasteiger partial charge < -0.3 is 0 Å². The highest BCUT2D eigenvalue weighted by Crippen LogP contribution is 2.22. The second-order valence-electron chi connectivity index (χ2n) is 5.50. The highest BCUT2D eigenvalue weighted by Gasteiger charge is 2.19. The fourth-order valence-electron chi connectivity index (χ4n) is 2.78. The molecule has 0 unspecified atom stereocenters. The molecular formula is C17H16N4S. The summed E-state index contributed by atoms with van der Waals surface area (Å²) in [6.07, 6.45) is 6.54. The summed E-state index contributed by atoms with van der Waals surface area (Å²) in [6.45, 7) is 2.98. The highest BCUT2D eigenvalue weighted by atomic mass is 32.1. The molecule has 0 aliphatic carbocycles. The van der Waals surface area contributed by atoms with Gasteiger partial charge in [-0.1, -0.05) is 0 Å². The first-order valence-electron chi connectivity index (χ1n) is 7.37. The van der Waals surface area contributed by atoms with Crippen LogP contribution in [0, 0.1) is 0 Å². The molecule has 110 valence electrons. The Bertz CT molecular complexity index is 756. The zero-order valence-corrected chi connectivity index (χ0v) is 13.0. The molecule has 4 rings (SSSR count). The Morgan fingerprint density at radius 3 is 3.05 bits per heavy atom. The summed E-state index contributed by atoms with van der Waals surface area (Å²) in [5.74, 6) is 0.776. The fraction of sp³-hybridized carbons (Fsp3) is 0.235. The van der Waals surface area contributed by atoms with Gasteiger partial charge in [0.15, 0.2) is 5.82 Å². The Hall–Kier alpha value is -2.11. The van der Waals surface area contributed by atoms with E-state index < -0.39 is 0 Å². The molecule has 0 fully saturated rings. The molecule has 0 N–H and O–H groups in total. The molecule has 0 bridgehead atoms. The first kappa shape index (κ1) is 13.5. The number of aromatic nitrogens is 3. The summed E-state index contributed by atoms with van der Waals surface area (Å²) < 4.78 is 0. The van der Waals surface area contributed by atoms with Crippen LogP contribution in [-0.4, -0.2) is 26.4 Å². The first-order chi connectivity index (χ1) is 10.9.